The number of halogens is 1. The second-order valence-electron chi connectivity index (χ2n) is 6.63. The summed E-state index contributed by atoms with van der Waals surface area (Å²) in [5.74, 6) is 1.70. The largest absolute Gasteiger partial charge is 0.491 e. The van der Waals surface area contributed by atoms with E-state index in [9.17, 15) is 0 Å². The topological polar surface area (TPSA) is 24.5 Å². The van der Waals surface area contributed by atoms with Gasteiger partial charge in [-0.15, -0.1) is 12.4 Å². The molecule has 0 aromatic heterocycles. The van der Waals surface area contributed by atoms with Crippen molar-refractivity contribution in [1.82, 2.24) is 10.2 Å². The summed E-state index contributed by atoms with van der Waals surface area (Å²) in [7, 11) is 0. The van der Waals surface area contributed by atoms with Crippen molar-refractivity contribution in [3.63, 3.8) is 0 Å². The van der Waals surface area contributed by atoms with E-state index in [-0.39, 0.29) is 18.5 Å². The van der Waals surface area contributed by atoms with Crippen LogP contribution in [0.25, 0.3) is 0 Å². The van der Waals surface area contributed by atoms with Crippen molar-refractivity contribution in [1.29, 1.82) is 0 Å². The fraction of sp³-hybridized carbons (Fsp3) is 0.667. The molecule has 2 unspecified atom stereocenters. The lowest BCUT2D eigenvalue weighted by atomic mass is 9.92. The number of nitrogens with zero attached hydrogens (tertiary/aromatic N) is 1. The Morgan fingerprint density at radius 1 is 1.09 bits per heavy atom. The van der Waals surface area contributed by atoms with Crippen LogP contribution in [0, 0.1) is 0 Å². The first-order valence-corrected chi connectivity index (χ1v) is 8.45. The molecule has 1 aromatic carbocycles. The second kappa shape index (κ2) is 8.19. The van der Waals surface area contributed by atoms with E-state index in [1.165, 1.54) is 37.9 Å². The third kappa shape index (κ3) is 4.15. The quantitative estimate of drug-likeness (QED) is 0.918. The fourth-order valence-electron chi connectivity index (χ4n) is 3.85. The number of nitrogens with one attached hydrogen (secondary N) is 1. The van der Waals surface area contributed by atoms with E-state index in [0.29, 0.717) is 5.92 Å². The van der Waals surface area contributed by atoms with Gasteiger partial charge in [-0.25, -0.2) is 0 Å². The zero-order chi connectivity index (χ0) is 14.7. The van der Waals surface area contributed by atoms with Crippen LogP contribution in [0.4, 0.5) is 0 Å². The molecule has 0 radical (unpaired) electrons. The summed E-state index contributed by atoms with van der Waals surface area (Å²) in [5, 5.41) is 3.46. The van der Waals surface area contributed by atoms with Crippen LogP contribution in [0.2, 0.25) is 0 Å². The third-order valence-corrected chi connectivity index (χ3v) is 4.78. The van der Waals surface area contributed by atoms with Gasteiger partial charge in [0.05, 0.1) is 6.10 Å². The van der Waals surface area contributed by atoms with E-state index < -0.39 is 0 Å². The number of hydrogen-bond donors (Lipinski definition) is 1. The maximum absolute atomic E-state index is 5.76. The van der Waals surface area contributed by atoms with Crippen molar-refractivity contribution in [2.75, 3.05) is 26.2 Å². The Morgan fingerprint density at radius 3 is 2.41 bits per heavy atom. The minimum Gasteiger partial charge on any atom is -0.491 e. The van der Waals surface area contributed by atoms with Gasteiger partial charge in [0.15, 0.2) is 0 Å². The van der Waals surface area contributed by atoms with Gasteiger partial charge in [-0.2, -0.15) is 0 Å². The van der Waals surface area contributed by atoms with Gasteiger partial charge in [0.2, 0.25) is 0 Å². The lowest BCUT2D eigenvalue weighted by Gasteiger charge is -2.36. The molecule has 0 spiro atoms. The molecule has 1 aliphatic carbocycles. The molecule has 1 aliphatic heterocycles. The highest BCUT2D eigenvalue weighted by Crippen LogP contribution is 2.38. The van der Waals surface area contributed by atoms with Crippen molar-refractivity contribution in [2.24, 2.45) is 0 Å². The number of hydrogen-bond acceptors (Lipinski definition) is 3. The van der Waals surface area contributed by atoms with Crippen LogP contribution in [0.5, 0.6) is 5.75 Å². The Bertz CT molecular complexity index is 443. The van der Waals surface area contributed by atoms with E-state index in [4.69, 9.17) is 4.74 Å². The number of piperazine rings is 1. The standard InChI is InChI=1S/C18H28N2O.ClH/c1-14(2)21-16-8-6-15(7-9-16)17-4-3-5-18(17)20-12-10-19-11-13-20;/h6-9,14,17-19H,3-5,10-13H2,1-2H3;1H. The Hall–Kier alpha value is -0.770. The van der Waals surface area contributed by atoms with E-state index in [0.717, 1.165) is 24.9 Å². The number of rotatable bonds is 4. The summed E-state index contributed by atoms with van der Waals surface area (Å²) in [4.78, 5) is 2.70. The maximum Gasteiger partial charge on any atom is 0.119 e. The third-order valence-electron chi connectivity index (χ3n) is 4.78. The maximum atomic E-state index is 5.76. The molecule has 3 nitrogen and oxygen atoms in total. The Balaban J connectivity index is 0.00000176. The van der Waals surface area contributed by atoms with Gasteiger partial charge < -0.3 is 10.1 Å². The zero-order valence-corrected chi connectivity index (χ0v) is 14.6. The molecule has 1 N–H and O–H groups in total. The average molecular weight is 325 g/mol. The van der Waals surface area contributed by atoms with Crippen molar-refractivity contribution >= 4 is 12.4 Å². The van der Waals surface area contributed by atoms with Crippen LogP contribution < -0.4 is 10.1 Å². The predicted molar refractivity (Wildman–Crippen MR) is 94.3 cm³/mol. The van der Waals surface area contributed by atoms with E-state index in [1.807, 2.05) is 0 Å². The Labute approximate surface area is 140 Å². The van der Waals surface area contributed by atoms with Crippen molar-refractivity contribution in [2.45, 2.75) is 51.2 Å². The minimum atomic E-state index is 0. The minimum absolute atomic E-state index is 0. The summed E-state index contributed by atoms with van der Waals surface area (Å²) < 4.78 is 5.76. The van der Waals surface area contributed by atoms with Crippen molar-refractivity contribution in [3.05, 3.63) is 29.8 Å². The van der Waals surface area contributed by atoms with Crippen LogP contribution in [-0.4, -0.2) is 43.2 Å². The molecular weight excluding hydrogens is 296 g/mol. The summed E-state index contributed by atoms with van der Waals surface area (Å²) in [6, 6.07) is 9.58. The van der Waals surface area contributed by atoms with Gasteiger partial charge in [0.25, 0.3) is 0 Å². The van der Waals surface area contributed by atoms with Crippen LogP contribution in [0.15, 0.2) is 24.3 Å². The van der Waals surface area contributed by atoms with Crippen LogP contribution in [0.1, 0.15) is 44.6 Å². The van der Waals surface area contributed by atoms with Crippen LogP contribution in [-0.2, 0) is 0 Å². The smallest absolute Gasteiger partial charge is 0.119 e. The molecule has 3 rings (SSSR count). The highest BCUT2D eigenvalue weighted by atomic mass is 35.5. The molecule has 4 heteroatoms. The molecule has 2 fully saturated rings. The SMILES string of the molecule is CC(C)Oc1ccc(C2CCCC2N2CCNCC2)cc1.Cl. The van der Waals surface area contributed by atoms with E-state index in [2.05, 4.69) is 48.3 Å². The highest BCUT2D eigenvalue weighted by molar-refractivity contribution is 5.85. The van der Waals surface area contributed by atoms with Crippen LogP contribution in [0.3, 0.4) is 0 Å². The fourth-order valence-corrected chi connectivity index (χ4v) is 3.85. The molecule has 2 aliphatic rings. The Kier molecular flexibility index (Phi) is 6.54. The Morgan fingerprint density at radius 2 is 1.77 bits per heavy atom. The van der Waals surface area contributed by atoms with Crippen molar-refractivity contribution in [3.8, 4) is 5.75 Å². The monoisotopic (exact) mass is 324 g/mol. The summed E-state index contributed by atoms with van der Waals surface area (Å²) >= 11 is 0. The van der Waals surface area contributed by atoms with Gasteiger partial charge in [-0.3, -0.25) is 4.90 Å². The average Bonchev–Trinajstić information content (AvgIpc) is 2.98. The van der Waals surface area contributed by atoms with Crippen LogP contribution >= 0.6 is 12.4 Å². The van der Waals surface area contributed by atoms with Crippen molar-refractivity contribution < 1.29 is 4.74 Å². The van der Waals surface area contributed by atoms with E-state index in [1.54, 1.807) is 0 Å². The van der Waals surface area contributed by atoms with Gasteiger partial charge in [0, 0.05) is 32.2 Å². The second-order valence-corrected chi connectivity index (χ2v) is 6.63. The molecule has 1 heterocycles. The number of benzene rings is 1. The summed E-state index contributed by atoms with van der Waals surface area (Å²) in [6.45, 7) is 8.84. The molecule has 0 amide bonds. The summed E-state index contributed by atoms with van der Waals surface area (Å²) in [6.07, 6.45) is 4.30. The molecule has 0 bridgehead atoms. The molecular formula is C18H29ClN2O. The van der Waals surface area contributed by atoms with Gasteiger partial charge in [-0.1, -0.05) is 18.6 Å². The highest BCUT2D eigenvalue weighted by Gasteiger charge is 2.33. The number of ether oxygens (including phenoxy) is 1. The lowest BCUT2D eigenvalue weighted by Crippen LogP contribution is -2.49. The molecule has 1 saturated heterocycles. The first kappa shape index (κ1) is 17.6. The molecule has 1 aromatic rings. The molecule has 1 saturated carbocycles. The van der Waals surface area contributed by atoms with Gasteiger partial charge >= 0.3 is 0 Å². The normalized spacial score (nSPS) is 26.0. The molecule has 2 atom stereocenters. The first-order valence-electron chi connectivity index (χ1n) is 8.45. The van der Waals surface area contributed by atoms with Gasteiger partial charge in [-0.05, 0) is 50.3 Å². The zero-order valence-electron chi connectivity index (χ0n) is 13.8. The van der Waals surface area contributed by atoms with Gasteiger partial charge in [0.1, 0.15) is 5.75 Å². The van der Waals surface area contributed by atoms with E-state index >= 15 is 0 Å². The molecule has 22 heavy (non-hydrogen) atoms. The molecule has 124 valence electrons. The summed E-state index contributed by atoms with van der Waals surface area (Å²) in [5.41, 5.74) is 1.49. The lowest BCUT2D eigenvalue weighted by molar-refractivity contribution is 0.163. The first-order chi connectivity index (χ1) is 10.2. The predicted octanol–water partition coefficient (Wildman–Crippen LogP) is 3.44.